The maximum atomic E-state index is 11.2. The van der Waals surface area contributed by atoms with Crippen LogP contribution in [0.15, 0.2) is 12.7 Å². The van der Waals surface area contributed by atoms with Crippen molar-refractivity contribution in [2.75, 3.05) is 18.6 Å². The van der Waals surface area contributed by atoms with E-state index in [1.54, 1.807) is 0 Å². The molecule has 0 amide bonds. The average molecular weight is 217 g/mol. The monoisotopic (exact) mass is 217 g/mol. The van der Waals surface area contributed by atoms with Gasteiger partial charge in [0.2, 0.25) is 0 Å². The smallest absolute Gasteiger partial charge is 0.150 e. The molecule has 2 unspecified atom stereocenters. The Morgan fingerprint density at radius 3 is 2.79 bits per heavy atom. The van der Waals surface area contributed by atoms with Gasteiger partial charge in [0.05, 0.1) is 11.5 Å². The summed E-state index contributed by atoms with van der Waals surface area (Å²) in [6.45, 7) is 3.69. The molecule has 1 aliphatic rings. The molecule has 0 aliphatic carbocycles. The Bertz CT molecular complexity index is 284. The maximum absolute atomic E-state index is 11.2. The van der Waals surface area contributed by atoms with Crippen LogP contribution in [0.5, 0.6) is 0 Å². The fraction of sp³-hybridized carbons (Fsp3) is 0.800. The topological polar surface area (TPSA) is 46.2 Å². The van der Waals surface area contributed by atoms with Gasteiger partial charge >= 0.3 is 0 Å². The summed E-state index contributed by atoms with van der Waals surface area (Å²) in [5.74, 6) is 1.10. The second kappa shape index (κ2) is 4.94. The molecule has 0 bridgehead atoms. The first kappa shape index (κ1) is 11.7. The van der Waals surface area contributed by atoms with E-state index in [4.69, 9.17) is 0 Å². The zero-order valence-corrected chi connectivity index (χ0v) is 9.52. The normalized spacial score (nSPS) is 27.4. The summed E-state index contributed by atoms with van der Waals surface area (Å²) in [5, 5.41) is 3.19. The quantitative estimate of drug-likeness (QED) is 0.698. The lowest BCUT2D eigenvalue weighted by Gasteiger charge is -2.17. The lowest BCUT2D eigenvalue weighted by Crippen LogP contribution is -2.27. The zero-order valence-electron chi connectivity index (χ0n) is 8.70. The van der Waals surface area contributed by atoms with E-state index in [0.717, 1.165) is 19.3 Å². The summed E-state index contributed by atoms with van der Waals surface area (Å²) >= 11 is 0. The van der Waals surface area contributed by atoms with Crippen LogP contribution in [0.2, 0.25) is 0 Å². The van der Waals surface area contributed by atoms with Crippen molar-refractivity contribution in [3.05, 3.63) is 12.7 Å². The van der Waals surface area contributed by atoms with Crippen LogP contribution in [0.1, 0.15) is 19.3 Å². The molecule has 0 radical (unpaired) electrons. The summed E-state index contributed by atoms with van der Waals surface area (Å²) in [6.07, 6.45) is 4.57. The molecule has 1 heterocycles. The summed E-state index contributed by atoms with van der Waals surface area (Å²) in [5.41, 5.74) is 0. The Labute approximate surface area is 86.5 Å². The van der Waals surface area contributed by atoms with E-state index in [0.29, 0.717) is 23.5 Å². The van der Waals surface area contributed by atoms with Gasteiger partial charge in [-0.25, -0.2) is 8.42 Å². The fourth-order valence-corrected chi connectivity index (χ4v) is 3.87. The number of nitrogens with one attached hydrogen (secondary N) is 1. The van der Waals surface area contributed by atoms with Gasteiger partial charge in [0.25, 0.3) is 0 Å². The lowest BCUT2D eigenvalue weighted by molar-refractivity contribution is 0.428. The van der Waals surface area contributed by atoms with Crippen LogP contribution in [0, 0.1) is 5.92 Å². The van der Waals surface area contributed by atoms with E-state index < -0.39 is 9.84 Å². The highest BCUT2D eigenvalue weighted by atomic mass is 32.2. The number of rotatable bonds is 5. The average Bonchev–Trinajstić information content (AvgIpc) is 2.45. The van der Waals surface area contributed by atoms with Gasteiger partial charge in [-0.05, 0) is 32.2 Å². The van der Waals surface area contributed by atoms with Gasteiger partial charge in [-0.3, -0.25) is 0 Å². The van der Waals surface area contributed by atoms with Crippen LogP contribution in [-0.2, 0) is 9.84 Å². The van der Waals surface area contributed by atoms with E-state index in [2.05, 4.69) is 11.9 Å². The van der Waals surface area contributed by atoms with Crippen LogP contribution < -0.4 is 5.32 Å². The van der Waals surface area contributed by atoms with Crippen LogP contribution in [-0.4, -0.2) is 33.0 Å². The minimum Gasteiger partial charge on any atom is -0.317 e. The second-order valence-electron chi connectivity index (χ2n) is 4.01. The Hall–Kier alpha value is -0.350. The van der Waals surface area contributed by atoms with Crippen LogP contribution in [0.25, 0.3) is 0 Å². The van der Waals surface area contributed by atoms with Crippen molar-refractivity contribution < 1.29 is 8.42 Å². The highest BCUT2D eigenvalue weighted by Gasteiger charge is 2.28. The summed E-state index contributed by atoms with van der Waals surface area (Å²) in [7, 11) is -0.804. The highest BCUT2D eigenvalue weighted by Crippen LogP contribution is 2.23. The SMILES string of the molecule is C=CCC(CC1CCS(=O)(=O)C1)NC. The van der Waals surface area contributed by atoms with Crippen molar-refractivity contribution in [2.45, 2.75) is 25.3 Å². The molecule has 4 heteroatoms. The second-order valence-corrected chi connectivity index (χ2v) is 6.24. The molecule has 0 aromatic heterocycles. The fourth-order valence-electron chi connectivity index (χ4n) is 1.99. The molecule has 1 saturated heterocycles. The first-order chi connectivity index (χ1) is 6.57. The van der Waals surface area contributed by atoms with Gasteiger partial charge in [0.1, 0.15) is 0 Å². The summed E-state index contributed by atoms with van der Waals surface area (Å²) in [4.78, 5) is 0. The van der Waals surface area contributed by atoms with Crippen molar-refractivity contribution in [1.29, 1.82) is 0 Å². The van der Waals surface area contributed by atoms with E-state index >= 15 is 0 Å². The molecule has 14 heavy (non-hydrogen) atoms. The Kier molecular flexibility index (Phi) is 4.13. The number of sulfone groups is 1. The Morgan fingerprint density at radius 1 is 1.64 bits per heavy atom. The number of hydrogen-bond acceptors (Lipinski definition) is 3. The van der Waals surface area contributed by atoms with Crippen molar-refractivity contribution in [3.8, 4) is 0 Å². The number of hydrogen-bond donors (Lipinski definition) is 1. The Balaban J connectivity index is 2.41. The molecule has 0 aromatic rings. The molecular formula is C10H19NO2S. The van der Waals surface area contributed by atoms with E-state index in [-0.39, 0.29) is 0 Å². The van der Waals surface area contributed by atoms with Crippen molar-refractivity contribution in [3.63, 3.8) is 0 Å². The van der Waals surface area contributed by atoms with Gasteiger partial charge in [-0.1, -0.05) is 6.08 Å². The van der Waals surface area contributed by atoms with Gasteiger partial charge in [-0.2, -0.15) is 0 Å². The van der Waals surface area contributed by atoms with Crippen LogP contribution >= 0.6 is 0 Å². The highest BCUT2D eigenvalue weighted by molar-refractivity contribution is 7.91. The maximum Gasteiger partial charge on any atom is 0.150 e. The third kappa shape index (κ3) is 3.42. The largest absolute Gasteiger partial charge is 0.317 e. The third-order valence-electron chi connectivity index (χ3n) is 2.80. The Morgan fingerprint density at radius 2 is 2.36 bits per heavy atom. The van der Waals surface area contributed by atoms with Gasteiger partial charge in [-0.15, -0.1) is 6.58 Å². The first-order valence-corrected chi connectivity index (χ1v) is 6.88. The van der Waals surface area contributed by atoms with Crippen molar-refractivity contribution in [2.24, 2.45) is 5.92 Å². The van der Waals surface area contributed by atoms with Crippen LogP contribution in [0.3, 0.4) is 0 Å². The van der Waals surface area contributed by atoms with Crippen molar-refractivity contribution >= 4 is 9.84 Å². The minimum atomic E-state index is -2.72. The van der Waals surface area contributed by atoms with Gasteiger partial charge in [0, 0.05) is 6.04 Å². The summed E-state index contributed by atoms with van der Waals surface area (Å²) in [6, 6.07) is 0.380. The summed E-state index contributed by atoms with van der Waals surface area (Å²) < 4.78 is 22.5. The van der Waals surface area contributed by atoms with Gasteiger partial charge in [0.15, 0.2) is 9.84 Å². The van der Waals surface area contributed by atoms with E-state index in [1.165, 1.54) is 0 Å². The molecule has 1 fully saturated rings. The van der Waals surface area contributed by atoms with E-state index in [1.807, 2.05) is 13.1 Å². The molecule has 0 saturated carbocycles. The molecule has 2 atom stereocenters. The van der Waals surface area contributed by atoms with Gasteiger partial charge < -0.3 is 5.32 Å². The van der Waals surface area contributed by atoms with Crippen LogP contribution in [0.4, 0.5) is 0 Å². The zero-order chi connectivity index (χ0) is 10.6. The predicted octanol–water partition coefficient (Wildman–Crippen LogP) is 0.975. The molecule has 0 spiro atoms. The van der Waals surface area contributed by atoms with E-state index in [9.17, 15) is 8.42 Å². The molecule has 0 aromatic carbocycles. The first-order valence-electron chi connectivity index (χ1n) is 5.06. The molecule has 3 nitrogen and oxygen atoms in total. The molecule has 1 aliphatic heterocycles. The minimum absolute atomic E-state index is 0.345. The third-order valence-corrected chi connectivity index (χ3v) is 4.64. The molecule has 82 valence electrons. The van der Waals surface area contributed by atoms with Crippen molar-refractivity contribution in [1.82, 2.24) is 5.32 Å². The standard InChI is InChI=1S/C10H19NO2S/c1-3-4-10(11-2)7-9-5-6-14(12,13)8-9/h3,9-11H,1,4-8H2,2H3. The molecular weight excluding hydrogens is 198 g/mol. The lowest BCUT2D eigenvalue weighted by atomic mass is 9.97. The predicted molar refractivity (Wildman–Crippen MR) is 59.0 cm³/mol. The molecule has 1 N–H and O–H groups in total. The molecule has 1 rings (SSSR count).